The molecule has 0 fully saturated rings. The van der Waals surface area contributed by atoms with Gasteiger partial charge in [0.15, 0.2) is 64.1 Å². The van der Waals surface area contributed by atoms with Crippen molar-refractivity contribution < 1.29 is 57.0 Å². The first-order valence-electron chi connectivity index (χ1n) is 21.1. The molecule has 343 valence electrons. The maximum absolute atomic E-state index is 14.2. The Morgan fingerprint density at radius 3 is 0.672 bits per heavy atom. The van der Waals surface area contributed by atoms with Crippen molar-refractivity contribution in [2.45, 2.75) is 163 Å². The molecule has 0 amide bonds. The molecule has 6 aliphatic rings. The van der Waals surface area contributed by atoms with Crippen LogP contribution in [0.1, 0.15) is 152 Å². The van der Waals surface area contributed by atoms with Gasteiger partial charge in [0.2, 0.25) is 0 Å². The first-order valence-corrected chi connectivity index (χ1v) is 26.0. The van der Waals surface area contributed by atoms with E-state index >= 15 is 0 Å². The number of benzene rings is 3. The van der Waals surface area contributed by atoms with Crippen LogP contribution in [0.4, 0.5) is 0 Å². The number of thioether (sulfide) groups is 6. The van der Waals surface area contributed by atoms with E-state index in [2.05, 4.69) is 0 Å². The molecule has 6 aliphatic heterocycles. The van der Waals surface area contributed by atoms with Crippen LogP contribution in [-0.4, -0.2) is 67.3 Å². The molecule has 0 saturated heterocycles. The van der Waals surface area contributed by atoms with Gasteiger partial charge in [-0.3, -0.25) is 0 Å². The van der Waals surface area contributed by atoms with E-state index in [1.807, 2.05) is 83.1 Å². The van der Waals surface area contributed by atoms with E-state index < -0.39 is 47.5 Å². The number of carbonyl (C=O) groups excluding carboxylic acids is 3. The highest BCUT2D eigenvalue weighted by molar-refractivity contribution is 8.02. The van der Waals surface area contributed by atoms with Gasteiger partial charge in [-0.15, -0.1) is 0 Å². The van der Waals surface area contributed by atoms with Crippen molar-refractivity contribution >= 4 is 88.5 Å². The SMILES string of the molecule is CCOC(=O)c1c2c(c([C](c3c4c(c(C(=O)OCC)c5c3SC(C)(C)O5)OC(C)(C)S4)c3c4c(c(C(=O)OCC)c5c3SC(C)(C)O5)OC(C)(C)S4)c3c1OC(C)(C)S3)SC(C)(C)O2. The third-order valence-corrected chi connectivity index (χ3v) is 17.3. The molecular weight excluding hydrogens is 937 g/mol. The minimum Gasteiger partial charge on any atom is -0.475 e. The van der Waals surface area contributed by atoms with E-state index in [9.17, 15) is 14.4 Å². The van der Waals surface area contributed by atoms with Crippen molar-refractivity contribution in [3.8, 4) is 34.5 Å². The smallest absolute Gasteiger partial charge is 0.345 e. The first-order chi connectivity index (χ1) is 29.7. The number of rotatable bonds is 9. The first kappa shape index (κ1) is 46.1. The average Bonchev–Trinajstić information content (AvgIpc) is 3.96. The molecule has 64 heavy (non-hydrogen) atoms. The van der Waals surface area contributed by atoms with Crippen molar-refractivity contribution in [2.24, 2.45) is 0 Å². The molecule has 0 aliphatic carbocycles. The molecule has 12 nitrogen and oxygen atoms in total. The van der Waals surface area contributed by atoms with E-state index in [1.165, 1.54) is 70.6 Å². The summed E-state index contributed by atoms with van der Waals surface area (Å²) in [6, 6.07) is 0. The quantitative estimate of drug-likeness (QED) is 0.114. The Kier molecular flexibility index (Phi) is 11.0. The topological polar surface area (TPSA) is 134 Å². The van der Waals surface area contributed by atoms with Gasteiger partial charge in [0.05, 0.1) is 55.1 Å². The second kappa shape index (κ2) is 15.2. The maximum Gasteiger partial charge on any atom is 0.345 e. The molecule has 6 heterocycles. The van der Waals surface area contributed by atoms with Gasteiger partial charge in [-0.2, -0.15) is 0 Å². The van der Waals surface area contributed by atoms with Crippen molar-refractivity contribution in [3.63, 3.8) is 0 Å². The number of hydrogen-bond donors (Lipinski definition) is 0. The lowest BCUT2D eigenvalue weighted by Crippen LogP contribution is -2.21. The summed E-state index contributed by atoms with van der Waals surface area (Å²) in [6.07, 6.45) is 0. The number of carbonyl (C=O) groups is 3. The summed E-state index contributed by atoms with van der Waals surface area (Å²) in [5.41, 5.74) is 2.83. The lowest BCUT2D eigenvalue weighted by atomic mass is 9.82. The summed E-state index contributed by atoms with van der Waals surface area (Å²) in [7, 11) is 0. The van der Waals surface area contributed by atoms with Gasteiger partial charge in [0, 0.05) is 16.7 Å². The number of ether oxygens (including phenoxy) is 9. The molecule has 0 aromatic heterocycles. The molecular formula is C46H51O12S6. The minimum atomic E-state index is -0.840. The molecule has 0 saturated carbocycles. The van der Waals surface area contributed by atoms with E-state index in [-0.39, 0.29) is 36.5 Å². The molecule has 3 aromatic rings. The summed E-state index contributed by atoms with van der Waals surface area (Å²) in [6.45, 7) is 29.3. The Labute approximate surface area is 399 Å². The number of hydrogen-bond acceptors (Lipinski definition) is 18. The number of fused-ring (bicyclic) bond motifs is 6. The summed E-state index contributed by atoms with van der Waals surface area (Å²) in [4.78, 5) is 41.9. The van der Waals surface area contributed by atoms with Crippen LogP contribution in [0, 0.1) is 5.92 Å². The summed E-state index contributed by atoms with van der Waals surface area (Å²) in [5.74, 6) is 1.07. The van der Waals surface area contributed by atoms with E-state index in [0.29, 0.717) is 69.8 Å². The van der Waals surface area contributed by atoms with E-state index in [1.54, 1.807) is 20.8 Å². The highest BCUT2D eigenvalue weighted by Crippen LogP contribution is 2.71. The summed E-state index contributed by atoms with van der Waals surface area (Å²) in [5, 5.41) is 0. The van der Waals surface area contributed by atoms with Gasteiger partial charge < -0.3 is 42.6 Å². The highest BCUT2D eigenvalue weighted by Gasteiger charge is 2.55. The van der Waals surface area contributed by atoms with Crippen molar-refractivity contribution in [1.82, 2.24) is 0 Å². The minimum absolute atomic E-state index is 0.144. The van der Waals surface area contributed by atoms with Crippen molar-refractivity contribution in [2.75, 3.05) is 19.8 Å². The van der Waals surface area contributed by atoms with Crippen LogP contribution in [0.15, 0.2) is 29.4 Å². The van der Waals surface area contributed by atoms with Gasteiger partial charge in [-0.25, -0.2) is 14.4 Å². The van der Waals surface area contributed by atoms with Crippen LogP contribution in [0.3, 0.4) is 0 Å². The standard InChI is InChI=1S/C46H51O12S6/c1-16-50-38(47)23-26-32(59-41(4,5)53-26)20(33-27(23)54-42(6,7)60-33)19(21-34-28(55-43(8,9)61-34)24(39(48)51-17-2)29-35(21)62-44(10,11)56-29)22-36-30(57-45(12,13)63-36)25(40(49)52-18-3)31-37(22)64-46(14,15)58-31/h16-18H2,1-15H3. The Bertz CT molecular complexity index is 2180. The fourth-order valence-corrected chi connectivity index (χ4v) is 15.6. The summed E-state index contributed by atoms with van der Waals surface area (Å²) < 4.78 is 58.2. The second-order valence-corrected chi connectivity index (χ2v) is 27.9. The molecule has 0 atom stereocenters. The predicted molar refractivity (Wildman–Crippen MR) is 251 cm³/mol. The van der Waals surface area contributed by atoms with Crippen molar-refractivity contribution in [3.05, 3.63) is 39.3 Å². The Morgan fingerprint density at radius 1 is 0.344 bits per heavy atom. The van der Waals surface area contributed by atoms with Gasteiger partial charge in [-0.05, 0) is 104 Å². The molecule has 0 spiro atoms. The molecule has 0 unspecified atom stereocenters. The Morgan fingerprint density at radius 2 is 0.516 bits per heavy atom. The van der Waals surface area contributed by atoms with Crippen LogP contribution >= 0.6 is 70.6 Å². The van der Waals surface area contributed by atoms with Gasteiger partial charge >= 0.3 is 17.9 Å². The molecule has 18 heteroatoms. The molecule has 0 bridgehead atoms. The third kappa shape index (κ3) is 7.55. The molecule has 1 radical (unpaired) electrons. The van der Waals surface area contributed by atoms with Crippen LogP contribution in [0.25, 0.3) is 0 Å². The average molecular weight is 988 g/mol. The Hall–Kier alpha value is -3.03. The van der Waals surface area contributed by atoms with E-state index in [4.69, 9.17) is 42.6 Å². The zero-order chi connectivity index (χ0) is 46.4. The summed E-state index contributed by atoms with van der Waals surface area (Å²) >= 11 is 8.97. The van der Waals surface area contributed by atoms with Gasteiger partial charge in [0.25, 0.3) is 0 Å². The fourth-order valence-electron chi connectivity index (χ4n) is 8.45. The molecule has 3 aromatic carbocycles. The second-order valence-electron chi connectivity index (χ2n) is 18.4. The normalized spacial score (nSPS) is 20.8. The lowest BCUT2D eigenvalue weighted by molar-refractivity contribution is 0.0499. The third-order valence-electron chi connectivity index (χ3n) is 10.3. The highest BCUT2D eigenvalue weighted by atomic mass is 32.2. The zero-order valence-corrected chi connectivity index (χ0v) is 43.4. The van der Waals surface area contributed by atoms with Crippen LogP contribution in [-0.2, 0) is 14.2 Å². The predicted octanol–water partition coefficient (Wildman–Crippen LogP) is 12.6. The molecule has 0 N–H and O–H groups in total. The van der Waals surface area contributed by atoms with Gasteiger partial charge in [0.1, 0.15) is 16.7 Å². The molecule has 9 rings (SSSR count). The maximum atomic E-state index is 14.2. The fraction of sp³-hybridized carbons (Fsp3) is 0.522. The largest absolute Gasteiger partial charge is 0.475 e. The Balaban J connectivity index is 1.52. The van der Waals surface area contributed by atoms with Crippen molar-refractivity contribution in [1.29, 1.82) is 0 Å². The van der Waals surface area contributed by atoms with Crippen LogP contribution < -0.4 is 28.4 Å². The monoisotopic (exact) mass is 987 g/mol. The van der Waals surface area contributed by atoms with Gasteiger partial charge in [-0.1, -0.05) is 70.6 Å². The van der Waals surface area contributed by atoms with Crippen LogP contribution in [0.5, 0.6) is 34.5 Å². The number of esters is 3. The van der Waals surface area contributed by atoms with Crippen LogP contribution in [0.2, 0.25) is 0 Å². The van der Waals surface area contributed by atoms with E-state index in [0.717, 1.165) is 16.7 Å². The zero-order valence-electron chi connectivity index (χ0n) is 38.5. The lowest BCUT2D eigenvalue weighted by Gasteiger charge is -2.29.